The molecule has 1 heterocycles. The molecule has 0 aliphatic carbocycles. The highest BCUT2D eigenvalue weighted by Crippen LogP contribution is 2.24. The minimum atomic E-state index is 0.523. The Kier molecular flexibility index (Phi) is 3.34. The van der Waals surface area contributed by atoms with Crippen LogP contribution in [-0.4, -0.2) is 19.1 Å². The van der Waals surface area contributed by atoms with Crippen LogP contribution in [0.1, 0.15) is 12.8 Å². The first-order chi connectivity index (χ1) is 7.25. The van der Waals surface area contributed by atoms with Crippen LogP contribution in [0.5, 0.6) is 0 Å². The Balaban J connectivity index is 2.03. The molecule has 15 heavy (non-hydrogen) atoms. The Hall–Kier alpha value is -0.930. The monoisotopic (exact) mass is 225 g/mol. The maximum Gasteiger partial charge on any atom is 0.0577 e. The van der Waals surface area contributed by atoms with Crippen LogP contribution >= 0.6 is 11.6 Å². The number of nitrogen functional groups attached to an aromatic ring is 1. The number of hydrogen-bond donors (Lipinski definition) is 3. The van der Waals surface area contributed by atoms with E-state index in [0.717, 1.165) is 37.3 Å². The van der Waals surface area contributed by atoms with E-state index in [1.807, 2.05) is 12.1 Å². The Morgan fingerprint density at radius 1 is 1.33 bits per heavy atom. The zero-order valence-corrected chi connectivity index (χ0v) is 9.35. The van der Waals surface area contributed by atoms with Crippen molar-refractivity contribution in [3.8, 4) is 0 Å². The Morgan fingerprint density at radius 2 is 2.07 bits per heavy atom. The summed E-state index contributed by atoms with van der Waals surface area (Å²) in [7, 11) is 0. The van der Waals surface area contributed by atoms with Gasteiger partial charge in [0.1, 0.15) is 0 Å². The Morgan fingerprint density at radius 3 is 2.73 bits per heavy atom. The molecule has 2 rings (SSSR count). The maximum absolute atomic E-state index is 5.88. The lowest BCUT2D eigenvalue weighted by Crippen LogP contribution is -2.35. The summed E-state index contributed by atoms with van der Waals surface area (Å²) in [6.45, 7) is 2.15. The zero-order valence-electron chi connectivity index (χ0n) is 8.59. The molecule has 1 saturated heterocycles. The molecule has 0 spiro atoms. The van der Waals surface area contributed by atoms with Crippen molar-refractivity contribution in [1.29, 1.82) is 0 Å². The van der Waals surface area contributed by atoms with E-state index in [9.17, 15) is 0 Å². The van der Waals surface area contributed by atoms with E-state index < -0.39 is 0 Å². The molecule has 0 unspecified atom stereocenters. The van der Waals surface area contributed by atoms with Crippen LogP contribution < -0.4 is 16.4 Å². The maximum atomic E-state index is 5.88. The lowest BCUT2D eigenvalue weighted by atomic mass is 10.1. The number of hydrogen-bond acceptors (Lipinski definition) is 3. The van der Waals surface area contributed by atoms with Gasteiger partial charge in [0.05, 0.1) is 11.4 Å². The van der Waals surface area contributed by atoms with Gasteiger partial charge in [0, 0.05) is 11.1 Å². The molecule has 0 bridgehead atoms. The minimum absolute atomic E-state index is 0.523. The SMILES string of the molecule is Nc1cc(Cl)ccc1NC1CCNCC1. The number of anilines is 2. The molecule has 1 aromatic rings. The van der Waals surface area contributed by atoms with E-state index in [1.165, 1.54) is 0 Å². The summed E-state index contributed by atoms with van der Waals surface area (Å²) in [4.78, 5) is 0. The number of halogens is 1. The molecule has 4 N–H and O–H groups in total. The molecule has 3 nitrogen and oxygen atoms in total. The molecule has 82 valence electrons. The second kappa shape index (κ2) is 4.73. The minimum Gasteiger partial charge on any atom is -0.397 e. The van der Waals surface area contributed by atoms with Gasteiger partial charge in [-0.1, -0.05) is 11.6 Å². The topological polar surface area (TPSA) is 50.1 Å². The van der Waals surface area contributed by atoms with Gasteiger partial charge in [-0.3, -0.25) is 0 Å². The summed E-state index contributed by atoms with van der Waals surface area (Å²) in [6, 6.07) is 6.11. The molecule has 0 atom stereocenters. The van der Waals surface area contributed by atoms with Gasteiger partial charge < -0.3 is 16.4 Å². The van der Waals surface area contributed by atoms with Crippen molar-refractivity contribution in [2.45, 2.75) is 18.9 Å². The highest BCUT2D eigenvalue weighted by molar-refractivity contribution is 6.31. The average Bonchev–Trinajstić information content (AvgIpc) is 2.24. The van der Waals surface area contributed by atoms with Crippen molar-refractivity contribution in [1.82, 2.24) is 5.32 Å². The summed E-state index contributed by atoms with van der Waals surface area (Å²) in [5.74, 6) is 0. The molecule has 0 amide bonds. The van der Waals surface area contributed by atoms with E-state index in [0.29, 0.717) is 11.1 Å². The molecule has 1 aliphatic heterocycles. The quantitative estimate of drug-likeness (QED) is 0.676. The van der Waals surface area contributed by atoms with Gasteiger partial charge in [0.25, 0.3) is 0 Å². The Labute approximate surface area is 95.0 Å². The van der Waals surface area contributed by atoms with Crippen LogP contribution in [0, 0.1) is 0 Å². The van der Waals surface area contributed by atoms with Crippen LogP contribution in [0.2, 0.25) is 5.02 Å². The molecule has 1 aromatic carbocycles. The summed E-state index contributed by atoms with van der Waals surface area (Å²) in [5, 5.41) is 7.47. The van der Waals surface area contributed by atoms with Crippen LogP contribution in [0.15, 0.2) is 18.2 Å². The van der Waals surface area contributed by atoms with Gasteiger partial charge in [0.2, 0.25) is 0 Å². The summed E-state index contributed by atoms with van der Waals surface area (Å²) in [5.41, 5.74) is 7.59. The standard InChI is InChI=1S/C11H16ClN3/c12-8-1-2-11(10(13)7-8)15-9-3-5-14-6-4-9/h1-2,7,9,14-15H,3-6,13H2. The number of nitrogens with one attached hydrogen (secondary N) is 2. The molecule has 0 saturated carbocycles. The van der Waals surface area contributed by atoms with Crippen LogP contribution in [-0.2, 0) is 0 Å². The second-order valence-corrected chi connectivity index (χ2v) is 4.34. The van der Waals surface area contributed by atoms with E-state index >= 15 is 0 Å². The lowest BCUT2D eigenvalue weighted by Gasteiger charge is -2.25. The first kappa shape index (κ1) is 10.6. The van der Waals surface area contributed by atoms with Crippen molar-refractivity contribution in [2.75, 3.05) is 24.1 Å². The van der Waals surface area contributed by atoms with Gasteiger partial charge in [-0.25, -0.2) is 0 Å². The van der Waals surface area contributed by atoms with Crippen LogP contribution in [0.25, 0.3) is 0 Å². The fourth-order valence-electron chi connectivity index (χ4n) is 1.85. The molecule has 1 fully saturated rings. The third kappa shape index (κ3) is 2.76. The van der Waals surface area contributed by atoms with Gasteiger partial charge in [0.15, 0.2) is 0 Å². The fraction of sp³-hybridized carbons (Fsp3) is 0.455. The predicted octanol–water partition coefficient (Wildman–Crippen LogP) is 2.09. The van der Waals surface area contributed by atoms with Crippen molar-refractivity contribution in [3.63, 3.8) is 0 Å². The van der Waals surface area contributed by atoms with E-state index in [-0.39, 0.29) is 0 Å². The largest absolute Gasteiger partial charge is 0.397 e. The number of benzene rings is 1. The van der Waals surface area contributed by atoms with Gasteiger partial charge >= 0.3 is 0 Å². The van der Waals surface area contributed by atoms with Crippen molar-refractivity contribution in [2.24, 2.45) is 0 Å². The zero-order chi connectivity index (χ0) is 10.7. The average molecular weight is 226 g/mol. The molecule has 0 radical (unpaired) electrons. The molecule has 4 heteroatoms. The second-order valence-electron chi connectivity index (χ2n) is 3.90. The third-order valence-electron chi connectivity index (χ3n) is 2.71. The third-order valence-corrected chi connectivity index (χ3v) is 2.95. The van der Waals surface area contributed by atoms with Crippen LogP contribution in [0.3, 0.4) is 0 Å². The summed E-state index contributed by atoms with van der Waals surface area (Å²) < 4.78 is 0. The van der Waals surface area contributed by atoms with E-state index in [4.69, 9.17) is 17.3 Å². The normalized spacial score (nSPS) is 17.7. The van der Waals surface area contributed by atoms with Crippen molar-refractivity contribution in [3.05, 3.63) is 23.2 Å². The highest BCUT2D eigenvalue weighted by atomic mass is 35.5. The first-order valence-corrected chi connectivity index (χ1v) is 5.66. The smallest absolute Gasteiger partial charge is 0.0577 e. The first-order valence-electron chi connectivity index (χ1n) is 5.28. The van der Waals surface area contributed by atoms with Gasteiger partial charge in [-0.05, 0) is 44.1 Å². The van der Waals surface area contributed by atoms with Crippen molar-refractivity contribution >= 4 is 23.0 Å². The Bertz CT molecular complexity index is 335. The fourth-order valence-corrected chi connectivity index (χ4v) is 2.03. The molecular weight excluding hydrogens is 210 g/mol. The summed E-state index contributed by atoms with van der Waals surface area (Å²) >= 11 is 5.84. The molecular formula is C11H16ClN3. The number of nitrogens with two attached hydrogens (primary N) is 1. The predicted molar refractivity (Wildman–Crippen MR) is 65.4 cm³/mol. The van der Waals surface area contributed by atoms with Gasteiger partial charge in [-0.2, -0.15) is 0 Å². The molecule has 1 aliphatic rings. The van der Waals surface area contributed by atoms with E-state index in [1.54, 1.807) is 6.07 Å². The van der Waals surface area contributed by atoms with Crippen molar-refractivity contribution < 1.29 is 0 Å². The number of piperidine rings is 1. The highest BCUT2D eigenvalue weighted by Gasteiger charge is 2.13. The van der Waals surface area contributed by atoms with Gasteiger partial charge in [-0.15, -0.1) is 0 Å². The molecule has 0 aromatic heterocycles. The summed E-state index contributed by atoms with van der Waals surface area (Å²) in [6.07, 6.45) is 2.28. The lowest BCUT2D eigenvalue weighted by molar-refractivity contribution is 0.479. The number of rotatable bonds is 2. The van der Waals surface area contributed by atoms with Crippen LogP contribution in [0.4, 0.5) is 11.4 Å². The van der Waals surface area contributed by atoms with E-state index in [2.05, 4.69) is 10.6 Å².